The van der Waals surface area contributed by atoms with Gasteiger partial charge in [0.15, 0.2) is 5.78 Å². The lowest BCUT2D eigenvalue weighted by Crippen LogP contribution is -2.25. The van der Waals surface area contributed by atoms with Gasteiger partial charge in [-0.2, -0.15) is 0 Å². The van der Waals surface area contributed by atoms with Crippen molar-refractivity contribution in [3.63, 3.8) is 0 Å². The van der Waals surface area contributed by atoms with Crippen LogP contribution in [0.5, 0.6) is 0 Å². The first kappa shape index (κ1) is 22.6. The molecule has 160 valence electrons. The maximum atomic E-state index is 14.6. The lowest BCUT2D eigenvalue weighted by Gasteiger charge is -2.18. The molecule has 0 saturated carbocycles. The van der Waals surface area contributed by atoms with Crippen LogP contribution in [0.15, 0.2) is 54.7 Å². The van der Waals surface area contributed by atoms with Crippen molar-refractivity contribution in [1.82, 2.24) is 4.98 Å². The summed E-state index contributed by atoms with van der Waals surface area (Å²) in [6.07, 6.45) is 3.02. The highest BCUT2D eigenvalue weighted by atomic mass is 35.5. The Morgan fingerprint density at radius 2 is 1.87 bits per heavy atom. The van der Waals surface area contributed by atoms with Crippen LogP contribution in [0, 0.1) is 12.7 Å². The van der Waals surface area contributed by atoms with Crippen LogP contribution in [-0.4, -0.2) is 23.7 Å². The van der Waals surface area contributed by atoms with Crippen LogP contribution in [0.2, 0.25) is 5.02 Å². The van der Waals surface area contributed by atoms with E-state index in [1.165, 1.54) is 11.0 Å². The van der Waals surface area contributed by atoms with E-state index in [4.69, 9.17) is 11.6 Å². The van der Waals surface area contributed by atoms with Crippen LogP contribution in [0.1, 0.15) is 41.4 Å². The van der Waals surface area contributed by atoms with E-state index >= 15 is 0 Å². The zero-order valence-electron chi connectivity index (χ0n) is 17.8. The number of halogens is 2. The first-order valence-electron chi connectivity index (χ1n) is 10.1. The van der Waals surface area contributed by atoms with Gasteiger partial charge in [-0.25, -0.2) is 4.39 Å². The molecule has 6 heteroatoms. The Balaban J connectivity index is 1.75. The number of benzene rings is 2. The van der Waals surface area contributed by atoms with Gasteiger partial charge in [0, 0.05) is 47.9 Å². The van der Waals surface area contributed by atoms with E-state index in [1.54, 1.807) is 50.5 Å². The Hall–Kier alpha value is -3.05. The third kappa shape index (κ3) is 5.36. The third-order valence-electron chi connectivity index (χ3n) is 5.20. The molecular weight excluding hydrogens is 415 g/mol. The second-order valence-electron chi connectivity index (χ2n) is 7.40. The van der Waals surface area contributed by atoms with Crippen molar-refractivity contribution in [3.05, 3.63) is 82.4 Å². The molecule has 4 nitrogen and oxygen atoms in total. The molecule has 1 heterocycles. The summed E-state index contributed by atoms with van der Waals surface area (Å²) in [5.41, 5.74) is 3.86. The minimum Gasteiger partial charge on any atom is -0.313 e. The van der Waals surface area contributed by atoms with Gasteiger partial charge in [-0.05, 0) is 48.7 Å². The summed E-state index contributed by atoms with van der Waals surface area (Å²) in [7, 11) is 1.55. The van der Waals surface area contributed by atoms with Crippen LogP contribution in [0.3, 0.4) is 0 Å². The Labute approximate surface area is 186 Å². The molecule has 0 atom stereocenters. The lowest BCUT2D eigenvalue weighted by molar-refractivity contribution is -0.118. The van der Waals surface area contributed by atoms with Crippen LogP contribution in [-0.2, 0) is 11.2 Å². The molecule has 0 aliphatic heterocycles. The van der Waals surface area contributed by atoms with Crippen LogP contribution >= 0.6 is 11.6 Å². The van der Waals surface area contributed by atoms with Crippen molar-refractivity contribution in [3.8, 4) is 11.1 Å². The summed E-state index contributed by atoms with van der Waals surface area (Å²) in [6.45, 7) is 3.65. The summed E-state index contributed by atoms with van der Waals surface area (Å²) >= 11 is 6.42. The summed E-state index contributed by atoms with van der Waals surface area (Å²) in [4.78, 5) is 30.0. The smallest absolute Gasteiger partial charge is 0.226 e. The highest BCUT2D eigenvalue weighted by Crippen LogP contribution is 2.32. The van der Waals surface area contributed by atoms with Crippen molar-refractivity contribution in [2.45, 2.75) is 33.1 Å². The molecule has 1 amide bonds. The molecule has 0 radical (unpaired) electrons. The van der Waals surface area contributed by atoms with Gasteiger partial charge in [0.25, 0.3) is 0 Å². The minimum atomic E-state index is -0.510. The summed E-state index contributed by atoms with van der Waals surface area (Å²) in [6, 6.07) is 13.6. The number of amides is 1. The molecule has 0 spiro atoms. The predicted octanol–water partition coefficient (Wildman–Crippen LogP) is 6.04. The maximum absolute atomic E-state index is 14.6. The maximum Gasteiger partial charge on any atom is 0.226 e. The predicted molar refractivity (Wildman–Crippen MR) is 122 cm³/mol. The SMILES string of the molecule is CCC(=O)N(C)c1ccc(-c2ccc(C(=O)CCc3ccc(C)nc3)cc2Cl)cc1F. The topological polar surface area (TPSA) is 50.3 Å². The zero-order valence-corrected chi connectivity index (χ0v) is 18.5. The number of carbonyl (C=O) groups is 2. The van der Waals surface area contributed by atoms with Crippen molar-refractivity contribution >= 4 is 29.0 Å². The number of hydrogen-bond donors (Lipinski definition) is 0. The van der Waals surface area contributed by atoms with Crippen molar-refractivity contribution in [1.29, 1.82) is 0 Å². The van der Waals surface area contributed by atoms with Gasteiger partial charge < -0.3 is 4.90 Å². The number of carbonyl (C=O) groups excluding carboxylic acids is 2. The number of aryl methyl sites for hydroxylation is 2. The number of Topliss-reactive ketones (excluding diaryl/α,β-unsaturated/α-hetero) is 1. The largest absolute Gasteiger partial charge is 0.313 e. The number of pyridine rings is 1. The Bertz CT molecular complexity index is 1110. The number of hydrogen-bond acceptors (Lipinski definition) is 3. The molecule has 0 fully saturated rings. The molecule has 31 heavy (non-hydrogen) atoms. The van der Waals surface area contributed by atoms with E-state index in [0.717, 1.165) is 11.3 Å². The molecule has 1 aromatic heterocycles. The van der Waals surface area contributed by atoms with Crippen LogP contribution in [0.4, 0.5) is 10.1 Å². The molecule has 0 saturated heterocycles. The fraction of sp³-hybridized carbons (Fsp3) is 0.240. The molecule has 2 aromatic carbocycles. The van der Waals surface area contributed by atoms with E-state index in [-0.39, 0.29) is 17.4 Å². The molecule has 0 bridgehead atoms. The quantitative estimate of drug-likeness (QED) is 0.422. The molecule has 3 aromatic rings. The fourth-order valence-electron chi connectivity index (χ4n) is 3.29. The van der Waals surface area contributed by atoms with Crippen molar-refractivity contribution in [2.24, 2.45) is 0 Å². The minimum absolute atomic E-state index is 0.0183. The van der Waals surface area contributed by atoms with Gasteiger partial charge in [-0.1, -0.05) is 42.8 Å². The van der Waals surface area contributed by atoms with Gasteiger partial charge in [-0.3, -0.25) is 14.6 Å². The van der Waals surface area contributed by atoms with Gasteiger partial charge >= 0.3 is 0 Å². The normalized spacial score (nSPS) is 10.7. The van der Waals surface area contributed by atoms with E-state index < -0.39 is 5.82 Å². The number of rotatable bonds is 7. The number of ketones is 1. The highest BCUT2D eigenvalue weighted by Gasteiger charge is 2.16. The van der Waals surface area contributed by atoms with Gasteiger partial charge in [-0.15, -0.1) is 0 Å². The Kier molecular flexibility index (Phi) is 7.18. The van der Waals surface area contributed by atoms with Crippen molar-refractivity contribution < 1.29 is 14.0 Å². The molecule has 0 N–H and O–H groups in total. The first-order chi connectivity index (χ1) is 14.8. The molecule has 0 aliphatic rings. The summed E-state index contributed by atoms with van der Waals surface area (Å²) in [5.74, 6) is -0.700. The molecule has 0 unspecified atom stereocenters. The first-order valence-corrected chi connectivity index (χ1v) is 10.5. The van der Waals surface area contributed by atoms with E-state index in [9.17, 15) is 14.0 Å². The zero-order chi connectivity index (χ0) is 22.5. The third-order valence-corrected chi connectivity index (χ3v) is 5.51. The van der Waals surface area contributed by atoms with Gasteiger partial charge in [0.1, 0.15) is 5.82 Å². The fourth-order valence-corrected chi connectivity index (χ4v) is 3.58. The van der Waals surface area contributed by atoms with E-state index in [0.29, 0.717) is 41.0 Å². The Morgan fingerprint density at radius 1 is 1.10 bits per heavy atom. The van der Waals surface area contributed by atoms with E-state index in [1.807, 2.05) is 19.1 Å². The Morgan fingerprint density at radius 3 is 2.48 bits per heavy atom. The number of aromatic nitrogens is 1. The van der Waals surface area contributed by atoms with Gasteiger partial charge in [0.05, 0.1) is 5.69 Å². The van der Waals surface area contributed by atoms with Crippen LogP contribution < -0.4 is 4.90 Å². The van der Waals surface area contributed by atoms with Crippen molar-refractivity contribution in [2.75, 3.05) is 11.9 Å². The summed E-state index contributed by atoms with van der Waals surface area (Å²) in [5, 5.41) is 0.369. The lowest BCUT2D eigenvalue weighted by atomic mass is 9.99. The van der Waals surface area contributed by atoms with Gasteiger partial charge in [0.2, 0.25) is 5.91 Å². The highest BCUT2D eigenvalue weighted by molar-refractivity contribution is 6.33. The summed E-state index contributed by atoms with van der Waals surface area (Å²) < 4.78 is 14.6. The molecular formula is C25H24ClFN2O2. The van der Waals surface area contributed by atoms with Crippen LogP contribution in [0.25, 0.3) is 11.1 Å². The second-order valence-corrected chi connectivity index (χ2v) is 7.81. The van der Waals surface area contributed by atoms with E-state index in [2.05, 4.69) is 4.98 Å². The monoisotopic (exact) mass is 438 g/mol. The molecule has 3 rings (SSSR count). The number of anilines is 1. The number of nitrogens with zero attached hydrogens (tertiary/aromatic N) is 2. The standard InChI is InChI=1S/C25H24ClFN2O2/c1-4-25(31)29(3)23-11-9-18(14-22(23)27)20-10-8-19(13-21(20)26)24(30)12-7-17-6-5-16(2)28-15-17/h5-6,8-11,13-15H,4,7,12H2,1-3H3. The second kappa shape index (κ2) is 9.84. The average Bonchev–Trinajstić information content (AvgIpc) is 2.77. The average molecular weight is 439 g/mol. The molecule has 0 aliphatic carbocycles.